The number of nitrogens with one attached hydrogen (secondary N) is 1. The maximum Gasteiger partial charge on any atom is 0.238 e. The van der Waals surface area contributed by atoms with E-state index in [2.05, 4.69) is 5.32 Å². The van der Waals surface area contributed by atoms with Crippen molar-refractivity contribution in [3.05, 3.63) is 27.2 Å². The van der Waals surface area contributed by atoms with Gasteiger partial charge in [0, 0.05) is 13.1 Å². The number of aliphatic hydroxyl groups excluding tert-OH is 1. The Bertz CT molecular complexity index is 539. The van der Waals surface area contributed by atoms with Crippen molar-refractivity contribution in [2.24, 2.45) is 5.92 Å². The second kappa shape index (κ2) is 7.16. The molecule has 1 aromatic rings. The minimum Gasteiger partial charge on any atom is -0.393 e. The number of halogens is 3. The predicted octanol–water partition coefficient (Wildman–Crippen LogP) is 3.29. The topological polar surface area (TPSA) is 52.6 Å². The summed E-state index contributed by atoms with van der Waals surface area (Å²) in [5.41, 5.74) is 0.446. The highest BCUT2D eigenvalue weighted by Gasteiger charge is 2.25. The number of piperidine rings is 1. The van der Waals surface area contributed by atoms with Crippen molar-refractivity contribution in [1.82, 2.24) is 4.90 Å². The number of carbonyl (C=O) groups excluding carboxylic acids is 1. The average molecular weight is 352 g/mol. The molecule has 2 atom stereocenters. The molecule has 7 heteroatoms. The van der Waals surface area contributed by atoms with E-state index in [9.17, 15) is 9.90 Å². The van der Waals surface area contributed by atoms with Gasteiger partial charge in [-0.05, 0) is 24.5 Å². The van der Waals surface area contributed by atoms with Crippen LogP contribution in [0.25, 0.3) is 0 Å². The molecule has 1 aliphatic heterocycles. The van der Waals surface area contributed by atoms with Gasteiger partial charge in [-0.15, -0.1) is 0 Å². The maximum absolute atomic E-state index is 12.1. The smallest absolute Gasteiger partial charge is 0.238 e. The second-order valence-electron chi connectivity index (χ2n) is 5.36. The zero-order valence-electron chi connectivity index (χ0n) is 11.6. The quantitative estimate of drug-likeness (QED) is 0.822. The fraction of sp³-hybridized carbons (Fsp3) is 0.500. The summed E-state index contributed by atoms with van der Waals surface area (Å²) in [6.45, 7) is 3.63. The SMILES string of the molecule is CC1CN(CC(=O)Nc2cc(Cl)c(Cl)cc2Cl)CCC1O. The molecule has 21 heavy (non-hydrogen) atoms. The minimum absolute atomic E-state index is 0.167. The number of nitrogens with zero attached hydrogens (tertiary/aromatic N) is 1. The molecule has 1 saturated heterocycles. The second-order valence-corrected chi connectivity index (χ2v) is 6.58. The van der Waals surface area contributed by atoms with Crippen LogP contribution in [0.5, 0.6) is 0 Å². The Balaban J connectivity index is 1.95. The van der Waals surface area contributed by atoms with Gasteiger partial charge in [-0.25, -0.2) is 0 Å². The van der Waals surface area contributed by atoms with Crippen LogP contribution in [0.1, 0.15) is 13.3 Å². The van der Waals surface area contributed by atoms with Crippen LogP contribution < -0.4 is 5.32 Å². The molecule has 4 nitrogen and oxygen atoms in total. The standard InChI is InChI=1S/C14H17Cl3N2O2/c1-8-6-19(3-2-13(8)20)7-14(21)18-12-5-10(16)9(15)4-11(12)17/h4-5,8,13,20H,2-3,6-7H2,1H3,(H,18,21). The van der Waals surface area contributed by atoms with Crippen LogP contribution in [0, 0.1) is 5.92 Å². The molecule has 0 aromatic heterocycles. The largest absolute Gasteiger partial charge is 0.393 e. The molecular formula is C14H17Cl3N2O2. The monoisotopic (exact) mass is 350 g/mol. The molecule has 0 saturated carbocycles. The van der Waals surface area contributed by atoms with Crippen molar-refractivity contribution >= 4 is 46.4 Å². The fourth-order valence-electron chi connectivity index (χ4n) is 2.37. The Kier molecular flexibility index (Phi) is 5.74. The molecule has 2 N–H and O–H groups in total. The van der Waals surface area contributed by atoms with Crippen LogP contribution >= 0.6 is 34.8 Å². The Hall–Kier alpha value is -0.520. The van der Waals surface area contributed by atoms with E-state index < -0.39 is 0 Å². The first-order chi connectivity index (χ1) is 9.86. The first-order valence-electron chi connectivity index (χ1n) is 6.71. The summed E-state index contributed by atoms with van der Waals surface area (Å²) in [5.74, 6) is -0.000932. The van der Waals surface area contributed by atoms with E-state index >= 15 is 0 Å². The number of anilines is 1. The highest BCUT2D eigenvalue weighted by Crippen LogP contribution is 2.32. The van der Waals surface area contributed by atoms with Crippen molar-refractivity contribution in [3.63, 3.8) is 0 Å². The number of hydrogen-bond donors (Lipinski definition) is 2. The first-order valence-corrected chi connectivity index (χ1v) is 7.85. The molecule has 0 aliphatic carbocycles. The van der Waals surface area contributed by atoms with E-state index in [1.54, 1.807) is 0 Å². The fourth-order valence-corrected chi connectivity index (χ4v) is 2.97. The molecule has 1 aromatic carbocycles. The molecule has 2 rings (SSSR count). The van der Waals surface area contributed by atoms with Gasteiger partial charge < -0.3 is 10.4 Å². The van der Waals surface area contributed by atoms with E-state index in [0.717, 1.165) is 0 Å². The third kappa shape index (κ3) is 4.47. The lowest BCUT2D eigenvalue weighted by molar-refractivity contribution is -0.118. The highest BCUT2D eigenvalue weighted by atomic mass is 35.5. The van der Waals surface area contributed by atoms with Gasteiger partial charge in [0.1, 0.15) is 0 Å². The third-order valence-electron chi connectivity index (χ3n) is 3.60. The molecule has 1 aliphatic rings. The molecule has 0 spiro atoms. The normalized spacial score (nSPS) is 23.1. The van der Waals surface area contributed by atoms with E-state index in [0.29, 0.717) is 40.3 Å². The van der Waals surface area contributed by atoms with Crippen molar-refractivity contribution in [3.8, 4) is 0 Å². The van der Waals surface area contributed by atoms with Crippen LogP contribution in [-0.2, 0) is 4.79 Å². The van der Waals surface area contributed by atoms with Gasteiger partial charge >= 0.3 is 0 Å². The van der Waals surface area contributed by atoms with Crippen LogP contribution in [0.4, 0.5) is 5.69 Å². The number of benzene rings is 1. The Morgan fingerprint density at radius 3 is 2.67 bits per heavy atom. The summed E-state index contributed by atoms with van der Waals surface area (Å²) in [4.78, 5) is 14.1. The predicted molar refractivity (Wildman–Crippen MR) is 86.3 cm³/mol. The Morgan fingerprint density at radius 1 is 1.33 bits per heavy atom. The van der Waals surface area contributed by atoms with E-state index in [4.69, 9.17) is 34.8 Å². The number of rotatable bonds is 3. The molecular weight excluding hydrogens is 335 g/mol. The lowest BCUT2D eigenvalue weighted by Gasteiger charge is -2.33. The van der Waals surface area contributed by atoms with Crippen LogP contribution in [0.3, 0.4) is 0 Å². The third-order valence-corrected chi connectivity index (χ3v) is 4.63. The van der Waals surface area contributed by atoms with E-state index in [1.807, 2.05) is 11.8 Å². The van der Waals surface area contributed by atoms with E-state index in [-0.39, 0.29) is 24.5 Å². The van der Waals surface area contributed by atoms with Crippen molar-refractivity contribution in [2.75, 3.05) is 25.0 Å². The average Bonchev–Trinajstić information content (AvgIpc) is 2.40. The Labute approximate surface area is 139 Å². The van der Waals surface area contributed by atoms with Gasteiger partial charge in [0.05, 0.1) is 33.4 Å². The maximum atomic E-state index is 12.1. The van der Waals surface area contributed by atoms with Gasteiger partial charge in [0.15, 0.2) is 0 Å². The summed E-state index contributed by atoms with van der Waals surface area (Å²) >= 11 is 17.8. The van der Waals surface area contributed by atoms with Crippen molar-refractivity contribution in [1.29, 1.82) is 0 Å². The van der Waals surface area contributed by atoms with Crippen LogP contribution in [0.2, 0.25) is 15.1 Å². The van der Waals surface area contributed by atoms with Gasteiger partial charge in [-0.1, -0.05) is 41.7 Å². The first kappa shape index (κ1) is 16.8. The summed E-state index contributed by atoms with van der Waals surface area (Å²) in [6, 6.07) is 3.03. The van der Waals surface area contributed by atoms with Crippen LogP contribution in [0.15, 0.2) is 12.1 Å². The van der Waals surface area contributed by atoms with Gasteiger partial charge in [-0.2, -0.15) is 0 Å². The molecule has 1 heterocycles. The minimum atomic E-state index is -0.283. The van der Waals surface area contributed by atoms with Gasteiger partial charge in [0.25, 0.3) is 0 Å². The summed E-state index contributed by atoms with van der Waals surface area (Å²) < 4.78 is 0. The lowest BCUT2D eigenvalue weighted by Crippen LogP contribution is -2.45. The molecule has 2 unspecified atom stereocenters. The molecule has 0 bridgehead atoms. The zero-order valence-corrected chi connectivity index (χ0v) is 13.8. The van der Waals surface area contributed by atoms with E-state index in [1.165, 1.54) is 12.1 Å². The number of aliphatic hydroxyl groups is 1. The number of likely N-dealkylation sites (tertiary alicyclic amines) is 1. The summed E-state index contributed by atoms with van der Waals surface area (Å²) in [7, 11) is 0. The van der Waals surface area contributed by atoms with Gasteiger partial charge in [-0.3, -0.25) is 9.69 Å². The van der Waals surface area contributed by atoms with Crippen molar-refractivity contribution in [2.45, 2.75) is 19.4 Å². The number of hydrogen-bond acceptors (Lipinski definition) is 3. The molecule has 1 amide bonds. The van der Waals surface area contributed by atoms with Crippen LogP contribution in [-0.4, -0.2) is 41.7 Å². The number of carbonyl (C=O) groups is 1. The lowest BCUT2D eigenvalue weighted by atomic mass is 9.97. The van der Waals surface area contributed by atoms with Crippen molar-refractivity contribution < 1.29 is 9.90 Å². The zero-order chi connectivity index (χ0) is 15.6. The summed E-state index contributed by atoms with van der Waals surface area (Å²) in [5, 5.41) is 13.5. The highest BCUT2D eigenvalue weighted by molar-refractivity contribution is 6.44. The van der Waals surface area contributed by atoms with Gasteiger partial charge in [0.2, 0.25) is 5.91 Å². The molecule has 0 radical (unpaired) electrons. The molecule has 1 fully saturated rings. The molecule has 116 valence electrons. The number of amides is 1. The Morgan fingerprint density at radius 2 is 2.00 bits per heavy atom. The summed E-state index contributed by atoms with van der Waals surface area (Å²) in [6.07, 6.45) is 0.399.